The topological polar surface area (TPSA) is 29.5 Å². The molecule has 0 radical (unpaired) electrons. The molecule has 0 aliphatic rings. The first-order valence-electron chi connectivity index (χ1n) is 11.2. The molecule has 31 heavy (non-hydrogen) atoms. The van der Waals surface area contributed by atoms with Crippen molar-refractivity contribution in [2.45, 2.75) is 53.6 Å². The Morgan fingerprint density at radius 2 is 1.84 bits per heavy atom. The monoisotopic (exact) mass is 434 g/mol. The summed E-state index contributed by atoms with van der Waals surface area (Å²) < 4.78 is 6.25. The van der Waals surface area contributed by atoms with Gasteiger partial charge in [-0.1, -0.05) is 78.2 Å². The Bertz CT molecular complexity index is 926. The normalized spacial score (nSPS) is 13.0. The van der Waals surface area contributed by atoms with Gasteiger partial charge in [-0.3, -0.25) is 0 Å². The number of benzene rings is 2. The standard InChI is InChI=1S/C28H38O2Si/c1-23-13-9-10-17-27(23)31(5,6)22-30-26-16-12-15-24(20-26)19-25(21-29)14-8-7-11-18-28(2,3)4/h7-10,12-13,15-17,20,25,29H,14,19,21-22H2,1-6H3/b8-7+. The van der Waals surface area contributed by atoms with Gasteiger partial charge in [0.1, 0.15) is 13.8 Å². The van der Waals surface area contributed by atoms with E-state index < -0.39 is 8.07 Å². The SMILES string of the molecule is Cc1ccccc1[Si](C)(C)COc1cccc(CC(CO)C/C=C/C#CC(C)(C)C)c1. The van der Waals surface area contributed by atoms with Gasteiger partial charge in [0.2, 0.25) is 0 Å². The molecule has 1 N–H and O–H groups in total. The summed E-state index contributed by atoms with van der Waals surface area (Å²) in [6.07, 6.45) is 6.36. The molecule has 3 heteroatoms. The van der Waals surface area contributed by atoms with Gasteiger partial charge in [0.25, 0.3) is 0 Å². The number of ether oxygens (including phenoxy) is 1. The maximum atomic E-state index is 9.81. The van der Waals surface area contributed by atoms with Crippen LogP contribution < -0.4 is 9.92 Å². The molecule has 1 unspecified atom stereocenters. The molecule has 0 spiro atoms. The fraction of sp³-hybridized carbons (Fsp3) is 0.429. The predicted molar refractivity (Wildman–Crippen MR) is 135 cm³/mol. The van der Waals surface area contributed by atoms with E-state index in [2.05, 4.69) is 95.1 Å². The molecule has 0 aliphatic carbocycles. The van der Waals surface area contributed by atoms with Gasteiger partial charge < -0.3 is 9.84 Å². The largest absolute Gasteiger partial charge is 0.497 e. The first kappa shape index (κ1) is 25.0. The van der Waals surface area contributed by atoms with E-state index >= 15 is 0 Å². The van der Waals surface area contributed by atoms with Crippen LogP contribution in [0.1, 0.15) is 38.3 Å². The molecule has 0 aliphatic heterocycles. The first-order chi connectivity index (χ1) is 14.6. The summed E-state index contributed by atoms with van der Waals surface area (Å²) in [5, 5.41) is 11.3. The second-order valence-corrected chi connectivity index (χ2v) is 14.6. The summed E-state index contributed by atoms with van der Waals surface area (Å²) in [6.45, 7) is 13.4. The van der Waals surface area contributed by atoms with E-state index in [0.29, 0.717) is 0 Å². The molecular formula is C28H38O2Si. The lowest BCUT2D eigenvalue weighted by Gasteiger charge is -2.25. The zero-order chi connectivity index (χ0) is 22.9. The highest BCUT2D eigenvalue weighted by molar-refractivity contribution is 6.90. The van der Waals surface area contributed by atoms with Crippen LogP contribution >= 0.6 is 0 Å². The van der Waals surface area contributed by atoms with Gasteiger partial charge in [0.05, 0.1) is 6.23 Å². The molecule has 0 amide bonds. The average Bonchev–Trinajstić information content (AvgIpc) is 2.71. The van der Waals surface area contributed by atoms with Gasteiger partial charge in [-0.2, -0.15) is 0 Å². The quantitative estimate of drug-likeness (QED) is 0.407. The number of rotatable bonds is 9. The Hall–Kier alpha value is -2.28. The van der Waals surface area contributed by atoms with E-state index in [-0.39, 0.29) is 17.9 Å². The smallest absolute Gasteiger partial charge is 0.124 e. The zero-order valence-corrected chi connectivity index (χ0v) is 21.0. The van der Waals surface area contributed by atoms with Crippen LogP contribution in [0.4, 0.5) is 0 Å². The van der Waals surface area contributed by atoms with Crippen LogP contribution in [0.15, 0.2) is 60.7 Å². The number of aliphatic hydroxyl groups excluding tert-OH is 1. The molecule has 166 valence electrons. The second kappa shape index (κ2) is 11.4. The van der Waals surface area contributed by atoms with Crippen molar-refractivity contribution in [3.8, 4) is 17.6 Å². The van der Waals surface area contributed by atoms with E-state index in [1.165, 1.54) is 16.3 Å². The Kier molecular flexibility index (Phi) is 9.16. The number of hydrogen-bond acceptors (Lipinski definition) is 2. The molecule has 0 fully saturated rings. The van der Waals surface area contributed by atoms with Crippen molar-refractivity contribution in [1.29, 1.82) is 0 Å². The number of hydrogen-bond donors (Lipinski definition) is 1. The maximum absolute atomic E-state index is 9.81. The Morgan fingerprint density at radius 3 is 2.52 bits per heavy atom. The minimum Gasteiger partial charge on any atom is -0.497 e. The second-order valence-electron chi connectivity index (χ2n) is 10.0. The third-order valence-corrected chi connectivity index (χ3v) is 8.16. The Balaban J connectivity index is 1.96. The Labute approximate surface area is 190 Å². The molecule has 0 saturated heterocycles. The van der Waals surface area contributed by atoms with Crippen LogP contribution in [0, 0.1) is 30.1 Å². The molecule has 0 heterocycles. The van der Waals surface area contributed by atoms with Gasteiger partial charge in [-0.25, -0.2) is 0 Å². The number of allylic oxidation sites excluding steroid dienone is 2. The van der Waals surface area contributed by atoms with Crippen LogP contribution in [-0.4, -0.2) is 26.0 Å². The van der Waals surface area contributed by atoms with Crippen molar-refractivity contribution in [3.05, 3.63) is 71.8 Å². The van der Waals surface area contributed by atoms with Crippen LogP contribution in [0.2, 0.25) is 13.1 Å². The van der Waals surface area contributed by atoms with E-state index in [1.54, 1.807) is 0 Å². The van der Waals surface area contributed by atoms with Crippen molar-refractivity contribution in [1.82, 2.24) is 0 Å². The molecule has 0 saturated carbocycles. The minimum atomic E-state index is -1.69. The minimum absolute atomic E-state index is 0.0117. The highest BCUT2D eigenvalue weighted by atomic mass is 28.3. The molecular weight excluding hydrogens is 396 g/mol. The van der Waals surface area contributed by atoms with Gasteiger partial charge in [-0.15, -0.1) is 0 Å². The van der Waals surface area contributed by atoms with Crippen LogP contribution in [0.25, 0.3) is 0 Å². The molecule has 2 aromatic carbocycles. The maximum Gasteiger partial charge on any atom is 0.124 e. The van der Waals surface area contributed by atoms with Gasteiger partial charge in [0, 0.05) is 12.0 Å². The van der Waals surface area contributed by atoms with Crippen molar-refractivity contribution < 1.29 is 9.84 Å². The predicted octanol–water partition coefficient (Wildman–Crippen LogP) is 5.68. The number of aliphatic hydroxyl groups is 1. The fourth-order valence-corrected chi connectivity index (χ4v) is 5.95. The van der Waals surface area contributed by atoms with E-state index in [4.69, 9.17) is 4.74 Å². The first-order valence-corrected chi connectivity index (χ1v) is 14.4. The third kappa shape index (κ3) is 8.77. The van der Waals surface area contributed by atoms with Crippen LogP contribution in [0.5, 0.6) is 5.75 Å². The molecule has 2 nitrogen and oxygen atoms in total. The van der Waals surface area contributed by atoms with Gasteiger partial charge >= 0.3 is 0 Å². The summed E-state index contributed by atoms with van der Waals surface area (Å²) in [4.78, 5) is 0. The van der Waals surface area contributed by atoms with Crippen molar-refractivity contribution in [2.24, 2.45) is 11.3 Å². The highest BCUT2D eigenvalue weighted by Gasteiger charge is 2.26. The third-order valence-electron chi connectivity index (χ3n) is 5.27. The average molecular weight is 435 g/mol. The summed E-state index contributed by atoms with van der Waals surface area (Å²) >= 11 is 0. The lowest BCUT2D eigenvalue weighted by atomic mass is 9.96. The van der Waals surface area contributed by atoms with Crippen molar-refractivity contribution >= 4 is 13.3 Å². The molecule has 2 aromatic rings. The molecule has 1 atom stereocenters. The summed E-state index contributed by atoms with van der Waals surface area (Å²) in [5.41, 5.74) is 2.56. The molecule has 0 bridgehead atoms. The van der Waals surface area contributed by atoms with E-state index in [9.17, 15) is 5.11 Å². The zero-order valence-electron chi connectivity index (χ0n) is 20.0. The number of aryl methyl sites for hydroxylation is 1. The summed E-state index contributed by atoms with van der Waals surface area (Å²) in [5.74, 6) is 7.39. The van der Waals surface area contributed by atoms with E-state index in [1.807, 2.05) is 18.2 Å². The van der Waals surface area contributed by atoms with Crippen LogP contribution in [-0.2, 0) is 6.42 Å². The lowest BCUT2D eigenvalue weighted by molar-refractivity contribution is 0.227. The summed E-state index contributed by atoms with van der Waals surface area (Å²) in [6, 6.07) is 17.0. The van der Waals surface area contributed by atoms with Crippen molar-refractivity contribution in [3.63, 3.8) is 0 Å². The van der Waals surface area contributed by atoms with E-state index in [0.717, 1.165) is 24.8 Å². The van der Waals surface area contributed by atoms with Gasteiger partial charge in [0.15, 0.2) is 0 Å². The van der Waals surface area contributed by atoms with Crippen LogP contribution in [0.3, 0.4) is 0 Å². The molecule has 2 rings (SSSR count). The highest BCUT2D eigenvalue weighted by Crippen LogP contribution is 2.20. The van der Waals surface area contributed by atoms with Crippen molar-refractivity contribution in [2.75, 3.05) is 12.8 Å². The fourth-order valence-electron chi connectivity index (χ4n) is 3.57. The molecule has 0 aromatic heterocycles. The Morgan fingerprint density at radius 1 is 1.10 bits per heavy atom. The summed E-state index contributed by atoms with van der Waals surface area (Å²) in [7, 11) is -1.69. The lowest BCUT2D eigenvalue weighted by Crippen LogP contribution is -2.48. The van der Waals surface area contributed by atoms with Gasteiger partial charge in [-0.05, 0) is 70.2 Å².